The molecule has 0 aliphatic rings. The molecule has 1 N–H and O–H groups in total. The zero-order chi connectivity index (χ0) is 13.7. The minimum atomic E-state index is 0.829. The lowest BCUT2D eigenvalue weighted by Gasteiger charge is -2.23. The van der Waals surface area contributed by atoms with Gasteiger partial charge in [0.2, 0.25) is 0 Å². The van der Waals surface area contributed by atoms with Gasteiger partial charge in [-0.1, -0.05) is 25.1 Å². The van der Waals surface area contributed by atoms with Gasteiger partial charge in [0, 0.05) is 30.7 Å². The first kappa shape index (κ1) is 13.8. The van der Waals surface area contributed by atoms with Crippen molar-refractivity contribution in [2.45, 2.75) is 27.3 Å². The van der Waals surface area contributed by atoms with E-state index in [9.17, 15) is 0 Å². The Morgan fingerprint density at radius 2 is 1.84 bits per heavy atom. The van der Waals surface area contributed by atoms with Crippen LogP contribution >= 0.6 is 0 Å². The van der Waals surface area contributed by atoms with Crippen LogP contribution < -0.4 is 10.2 Å². The van der Waals surface area contributed by atoms with Gasteiger partial charge in [0.15, 0.2) is 0 Å². The Labute approximate surface area is 115 Å². The molecule has 1 aromatic carbocycles. The molecule has 0 spiro atoms. The van der Waals surface area contributed by atoms with Crippen LogP contribution in [0.4, 0.5) is 5.69 Å². The topological polar surface area (TPSA) is 28.2 Å². The van der Waals surface area contributed by atoms with Gasteiger partial charge in [-0.3, -0.25) is 4.98 Å². The summed E-state index contributed by atoms with van der Waals surface area (Å²) >= 11 is 0. The van der Waals surface area contributed by atoms with Gasteiger partial charge in [-0.05, 0) is 32.5 Å². The van der Waals surface area contributed by atoms with Gasteiger partial charge < -0.3 is 10.2 Å². The smallest absolute Gasteiger partial charge is 0.0726 e. The molecule has 3 heteroatoms. The molecule has 2 rings (SSSR count). The molecule has 1 heterocycles. The van der Waals surface area contributed by atoms with E-state index < -0.39 is 0 Å². The summed E-state index contributed by atoms with van der Waals surface area (Å²) in [6.07, 6.45) is 0. The Balaban J connectivity index is 2.51. The molecule has 0 aliphatic carbocycles. The van der Waals surface area contributed by atoms with Crippen molar-refractivity contribution in [2.24, 2.45) is 0 Å². The highest BCUT2D eigenvalue weighted by Crippen LogP contribution is 2.26. The van der Waals surface area contributed by atoms with Crippen molar-refractivity contribution in [1.29, 1.82) is 0 Å². The van der Waals surface area contributed by atoms with E-state index in [1.165, 1.54) is 11.1 Å². The van der Waals surface area contributed by atoms with Crippen molar-refractivity contribution in [1.82, 2.24) is 10.3 Å². The highest BCUT2D eigenvalue weighted by molar-refractivity contribution is 5.91. The Hall–Kier alpha value is -1.61. The standard InChI is InChI=1S/C16H23N3/c1-4-17-12-13-11-16(19(5-2)6-3)14-9-7-8-10-15(14)18-13/h7-11,17H,4-6,12H2,1-3H3. The maximum absolute atomic E-state index is 4.74. The molecule has 102 valence electrons. The summed E-state index contributed by atoms with van der Waals surface area (Å²) < 4.78 is 0. The van der Waals surface area contributed by atoms with E-state index >= 15 is 0 Å². The minimum Gasteiger partial charge on any atom is -0.371 e. The van der Waals surface area contributed by atoms with Crippen molar-refractivity contribution in [3.05, 3.63) is 36.0 Å². The fourth-order valence-electron chi connectivity index (χ4n) is 2.38. The van der Waals surface area contributed by atoms with E-state index in [1.54, 1.807) is 0 Å². The summed E-state index contributed by atoms with van der Waals surface area (Å²) in [5.41, 5.74) is 3.49. The van der Waals surface area contributed by atoms with E-state index in [2.05, 4.69) is 61.3 Å². The zero-order valence-corrected chi connectivity index (χ0v) is 12.1. The summed E-state index contributed by atoms with van der Waals surface area (Å²) in [7, 11) is 0. The first-order valence-electron chi connectivity index (χ1n) is 7.14. The highest BCUT2D eigenvalue weighted by atomic mass is 15.1. The summed E-state index contributed by atoms with van der Waals surface area (Å²) in [4.78, 5) is 7.12. The van der Waals surface area contributed by atoms with Crippen LogP contribution in [-0.2, 0) is 6.54 Å². The van der Waals surface area contributed by atoms with Gasteiger partial charge in [0.05, 0.1) is 11.2 Å². The Kier molecular flexibility index (Phi) is 4.74. The number of pyridine rings is 1. The van der Waals surface area contributed by atoms with Crippen molar-refractivity contribution in [2.75, 3.05) is 24.5 Å². The van der Waals surface area contributed by atoms with Gasteiger partial charge in [0.1, 0.15) is 0 Å². The summed E-state index contributed by atoms with van der Waals surface area (Å²) in [6, 6.07) is 10.6. The quantitative estimate of drug-likeness (QED) is 0.861. The van der Waals surface area contributed by atoms with Crippen LogP contribution in [0.25, 0.3) is 10.9 Å². The lowest BCUT2D eigenvalue weighted by molar-refractivity contribution is 0.712. The van der Waals surface area contributed by atoms with E-state index in [1.807, 2.05) is 0 Å². The first-order valence-corrected chi connectivity index (χ1v) is 7.14. The van der Waals surface area contributed by atoms with Crippen LogP contribution in [0.1, 0.15) is 26.5 Å². The summed E-state index contributed by atoms with van der Waals surface area (Å²) in [5, 5.41) is 4.59. The van der Waals surface area contributed by atoms with Crippen LogP contribution in [0.3, 0.4) is 0 Å². The van der Waals surface area contributed by atoms with Crippen LogP contribution in [0.2, 0.25) is 0 Å². The van der Waals surface area contributed by atoms with Crippen molar-refractivity contribution in [3.8, 4) is 0 Å². The molecule has 0 aliphatic heterocycles. The molecule has 0 saturated heterocycles. The maximum Gasteiger partial charge on any atom is 0.0726 e. The van der Waals surface area contributed by atoms with Gasteiger partial charge in [-0.15, -0.1) is 0 Å². The number of hydrogen-bond acceptors (Lipinski definition) is 3. The third kappa shape index (κ3) is 3.04. The average Bonchev–Trinajstić information content (AvgIpc) is 2.46. The highest BCUT2D eigenvalue weighted by Gasteiger charge is 2.09. The van der Waals surface area contributed by atoms with Gasteiger partial charge in [-0.2, -0.15) is 0 Å². The van der Waals surface area contributed by atoms with Crippen LogP contribution in [0.5, 0.6) is 0 Å². The second-order valence-corrected chi connectivity index (χ2v) is 4.60. The number of nitrogens with one attached hydrogen (secondary N) is 1. The Morgan fingerprint density at radius 1 is 1.11 bits per heavy atom. The molecule has 0 radical (unpaired) electrons. The van der Waals surface area contributed by atoms with E-state index in [0.29, 0.717) is 0 Å². The SMILES string of the molecule is CCNCc1cc(N(CC)CC)c2ccccc2n1. The van der Waals surface area contributed by atoms with Crippen molar-refractivity contribution >= 4 is 16.6 Å². The lowest BCUT2D eigenvalue weighted by atomic mass is 10.1. The monoisotopic (exact) mass is 257 g/mol. The first-order chi connectivity index (χ1) is 9.30. The van der Waals surface area contributed by atoms with Crippen LogP contribution in [-0.4, -0.2) is 24.6 Å². The molecule has 3 nitrogen and oxygen atoms in total. The Morgan fingerprint density at radius 3 is 2.53 bits per heavy atom. The lowest BCUT2D eigenvalue weighted by Crippen LogP contribution is -2.23. The van der Waals surface area contributed by atoms with Crippen LogP contribution in [0, 0.1) is 0 Å². The number of benzene rings is 1. The number of aromatic nitrogens is 1. The molecule has 19 heavy (non-hydrogen) atoms. The zero-order valence-electron chi connectivity index (χ0n) is 12.1. The molecular formula is C16H23N3. The minimum absolute atomic E-state index is 0.829. The fraction of sp³-hybridized carbons (Fsp3) is 0.438. The van der Waals surface area contributed by atoms with E-state index in [4.69, 9.17) is 4.98 Å². The molecule has 0 atom stereocenters. The van der Waals surface area contributed by atoms with Gasteiger partial charge in [0.25, 0.3) is 0 Å². The average molecular weight is 257 g/mol. The number of hydrogen-bond donors (Lipinski definition) is 1. The van der Waals surface area contributed by atoms with E-state index in [0.717, 1.165) is 37.4 Å². The molecule has 0 bridgehead atoms. The van der Waals surface area contributed by atoms with E-state index in [-0.39, 0.29) is 0 Å². The van der Waals surface area contributed by atoms with Gasteiger partial charge >= 0.3 is 0 Å². The molecule has 0 amide bonds. The van der Waals surface area contributed by atoms with Crippen molar-refractivity contribution in [3.63, 3.8) is 0 Å². The largest absolute Gasteiger partial charge is 0.371 e. The number of nitrogens with zero attached hydrogens (tertiary/aromatic N) is 2. The number of rotatable bonds is 6. The summed E-state index contributed by atoms with van der Waals surface area (Å²) in [5.74, 6) is 0. The maximum atomic E-state index is 4.74. The van der Waals surface area contributed by atoms with Gasteiger partial charge in [-0.25, -0.2) is 0 Å². The number of para-hydroxylation sites is 1. The van der Waals surface area contributed by atoms with Crippen LogP contribution in [0.15, 0.2) is 30.3 Å². The third-order valence-corrected chi connectivity index (χ3v) is 3.41. The van der Waals surface area contributed by atoms with Crippen molar-refractivity contribution < 1.29 is 0 Å². The summed E-state index contributed by atoms with van der Waals surface area (Å²) in [6.45, 7) is 10.3. The fourth-order valence-corrected chi connectivity index (χ4v) is 2.38. The number of fused-ring (bicyclic) bond motifs is 1. The predicted octanol–water partition coefficient (Wildman–Crippen LogP) is 3.19. The predicted molar refractivity (Wildman–Crippen MR) is 82.7 cm³/mol. The third-order valence-electron chi connectivity index (χ3n) is 3.41. The number of anilines is 1. The molecule has 2 aromatic rings. The molecule has 1 aromatic heterocycles. The Bertz CT molecular complexity index is 533. The molecule has 0 saturated carbocycles. The second-order valence-electron chi connectivity index (χ2n) is 4.60. The molecule has 0 fully saturated rings. The second kappa shape index (κ2) is 6.53. The molecule has 0 unspecified atom stereocenters. The normalized spacial score (nSPS) is 10.9. The molecular weight excluding hydrogens is 234 g/mol.